The van der Waals surface area contributed by atoms with Crippen molar-refractivity contribution in [3.8, 4) is 0 Å². The topological polar surface area (TPSA) is 59.1 Å². The van der Waals surface area contributed by atoms with Gasteiger partial charge >= 0.3 is 0 Å². The fourth-order valence-electron chi connectivity index (χ4n) is 2.21. The van der Waals surface area contributed by atoms with Gasteiger partial charge in [0.2, 0.25) is 0 Å². The minimum atomic E-state index is -0.370. The lowest BCUT2D eigenvalue weighted by molar-refractivity contribution is 0.0996. The number of ketones is 1. The fourth-order valence-corrected chi connectivity index (χ4v) is 3.15. The van der Waals surface area contributed by atoms with Gasteiger partial charge in [-0.1, -0.05) is 48.5 Å². The van der Waals surface area contributed by atoms with E-state index in [4.69, 9.17) is 11.6 Å². The van der Waals surface area contributed by atoms with Gasteiger partial charge in [0, 0.05) is 16.5 Å². The summed E-state index contributed by atoms with van der Waals surface area (Å²) in [5, 5.41) is 4.95. The number of hydrogen-bond acceptors (Lipinski definition) is 4. The molecule has 24 heavy (non-hydrogen) atoms. The van der Waals surface area contributed by atoms with E-state index >= 15 is 0 Å². The maximum atomic E-state index is 12.7. The van der Waals surface area contributed by atoms with Crippen molar-refractivity contribution in [1.82, 2.24) is 4.98 Å². The minimum absolute atomic E-state index is 0.193. The second-order valence-electron chi connectivity index (χ2n) is 4.97. The van der Waals surface area contributed by atoms with Gasteiger partial charge in [-0.2, -0.15) is 0 Å². The number of hydrogen-bond donors (Lipinski definition) is 1. The first kappa shape index (κ1) is 16.4. The highest BCUT2D eigenvalue weighted by Crippen LogP contribution is 2.20. The highest BCUT2D eigenvalue weighted by Gasteiger charge is 2.18. The van der Waals surface area contributed by atoms with E-state index in [9.17, 15) is 9.59 Å². The highest BCUT2D eigenvalue weighted by atomic mass is 35.5. The van der Waals surface area contributed by atoms with Crippen LogP contribution in [0.5, 0.6) is 0 Å². The van der Waals surface area contributed by atoms with Crippen LogP contribution in [0, 0.1) is 0 Å². The number of thiazole rings is 1. The number of amides is 1. The lowest BCUT2D eigenvalue weighted by Crippen LogP contribution is -2.16. The molecule has 1 amide bonds. The number of aromatic nitrogens is 1. The van der Waals surface area contributed by atoms with Crippen molar-refractivity contribution in [2.75, 3.05) is 5.32 Å². The number of halogens is 1. The summed E-state index contributed by atoms with van der Waals surface area (Å²) >= 11 is 7.01. The number of nitrogens with zero attached hydrogens (tertiary/aromatic N) is 1. The number of benzene rings is 2. The predicted molar refractivity (Wildman–Crippen MR) is 95.9 cm³/mol. The number of alkyl halides is 1. The van der Waals surface area contributed by atoms with E-state index in [1.807, 2.05) is 6.07 Å². The Hall–Kier alpha value is -2.50. The number of anilines is 1. The van der Waals surface area contributed by atoms with Gasteiger partial charge in [0.25, 0.3) is 5.91 Å². The molecular formula is C18H13ClN2O2S. The summed E-state index contributed by atoms with van der Waals surface area (Å²) in [5.41, 5.74) is 1.91. The lowest BCUT2D eigenvalue weighted by atomic mass is 9.98. The Morgan fingerprint density at radius 3 is 2.33 bits per heavy atom. The van der Waals surface area contributed by atoms with Gasteiger partial charge in [-0.15, -0.1) is 22.9 Å². The van der Waals surface area contributed by atoms with Crippen LogP contribution in [0.15, 0.2) is 60.0 Å². The van der Waals surface area contributed by atoms with Crippen LogP contribution in [-0.4, -0.2) is 16.7 Å². The highest BCUT2D eigenvalue weighted by molar-refractivity contribution is 7.14. The Bertz CT molecular complexity index is 877. The van der Waals surface area contributed by atoms with Crippen molar-refractivity contribution >= 4 is 39.8 Å². The Kier molecular flexibility index (Phi) is 5.03. The molecule has 0 fully saturated rings. The van der Waals surface area contributed by atoms with E-state index in [2.05, 4.69) is 10.3 Å². The van der Waals surface area contributed by atoms with Crippen molar-refractivity contribution in [2.45, 2.75) is 5.88 Å². The van der Waals surface area contributed by atoms with Crippen molar-refractivity contribution in [2.24, 2.45) is 0 Å². The van der Waals surface area contributed by atoms with Crippen molar-refractivity contribution in [3.05, 3.63) is 82.4 Å². The Balaban J connectivity index is 1.88. The van der Waals surface area contributed by atoms with Gasteiger partial charge in [0.1, 0.15) is 0 Å². The molecule has 0 atom stereocenters. The molecule has 0 aliphatic carbocycles. The first-order chi connectivity index (χ1) is 11.7. The predicted octanol–water partition coefficient (Wildman–Crippen LogP) is 4.37. The zero-order chi connectivity index (χ0) is 16.9. The molecule has 120 valence electrons. The van der Waals surface area contributed by atoms with E-state index in [1.165, 1.54) is 11.3 Å². The fraction of sp³-hybridized carbons (Fsp3) is 0.0556. The molecule has 0 saturated heterocycles. The third kappa shape index (κ3) is 3.53. The first-order valence-corrected chi connectivity index (χ1v) is 8.61. The minimum Gasteiger partial charge on any atom is -0.298 e. The van der Waals surface area contributed by atoms with Crippen LogP contribution < -0.4 is 5.32 Å². The molecule has 0 unspecified atom stereocenters. The summed E-state index contributed by atoms with van der Waals surface area (Å²) in [4.78, 5) is 29.4. The molecule has 6 heteroatoms. The maximum Gasteiger partial charge on any atom is 0.258 e. The second-order valence-corrected chi connectivity index (χ2v) is 6.10. The van der Waals surface area contributed by atoms with Gasteiger partial charge in [-0.3, -0.25) is 14.9 Å². The number of rotatable bonds is 5. The lowest BCUT2D eigenvalue weighted by Gasteiger charge is -2.08. The number of nitrogens with one attached hydrogen (secondary N) is 1. The summed E-state index contributed by atoms with van der Waals surface area (Å²) < 4.78 is 0. The SMILES string of the molecule is O=C(Nc1nc(CCl)cs1)c1ccccc1C(=O)c1ccccc1. The molecule has 0 radical (unpaired) electrons. The monoisotopic (exact) mass is 356 g/mol. The molecule has 4 nitrogen and oxygen atoms in total. The van der Waals surface area contributed by atoms with E-state index in [0.717, 1.165) is 0 Å². The van der Waals surface area contributed by atoms with Gasteiger partial charge < -0.3 is 0 Å². The zero-order valence-corrected chi connectivity index (χ0v) is 14.1. The van der Waals surface area contributed by atoms with Crippen LogP contribution >= 0.6 is 22.9 Å². The summed E-state index contributed by atoms with van der Waals surface area (Å²) in [6.45, 7) is 0. The molecule has 2 aromatic carbocycles. The summed E-state index contributed by atoms with van der Waals surface area (Å²) in [5.74, 6) is -0.276. The summed E-state index contributed by atoms with van der Waals surface area (Å²) in [6, 6.07) is 15.6. The molecule has 1 heterocycles. The van der Waals surface area contributed by atoms with Crippen LogP contribution in [0.25, 0.3) is 0 Å². The average molecular weight is 357 g/mol. The Morgan fingerprint density at radius 2 is 1.67 bits per heavy atom. The van der Waals surface area contributed by atoms with Crippen LogP contribution in [0.2, 0.25) is 0 Å². The van der Waals surface area contributed by atoms with E-state index < -0.39 is 0 Å². The molecule has 0 aliphatic heterocycles. The average Bonchev–Trinajstić information content (AvgIpc) is 3.09. The molecular weight excluding hydrogens is 344 g/mol. The van der Waals surface area contributed by atoms with Gasteiger partial charge in [0.05, 0.1) is 17.1 Å². The molecule has 3 rings (SSSR count). The molecule has 0 saturated carbocycles. The van der Waals surface area contributed by atoms with Gasteiger partial charge in [-0.25, -0.2) is 4.98 Å². The second kappa shape index (κ2) is 7.38. The van der Waals surface area contributed by atoms with E-state index in [0.29, 0.717) is 27.5 Å². The third-order valence-electron chi connectivity index (χ3n) is 3.36. The van der Waals surface area contributed by atoms with Crippen LogP contribution in [0.4, 0.5) is 5.13 Å². The number of carbonyl (C=O) groups is 2. The number of carbonyl (C=O) groups excluding carboxylic acids is 2. The third-order valence-corrected chi connectivity index (χ3v) is 4.44. The zero-order valence-electron chi connectivity index (χ0n) is 12.5. The molecule has 0 bridgehead atoms. The summed E-state index contributed by atoms with van der Waals surface area (Å²) in [7, 11) is 0. The quantitative estimate of drug-likeness (QED) is 0.545. The van der Waals surface area contributed by atoms with Gasteiger partial charge in [-0.05, 0) is 6.07 Å². The Labute approximate surface area is 148 Å². The Morgan fingerprint density at radius 1 is 1.00 bits per heavy atom. The van der Waals surface area contributed by atoms with E-state index in [-0.39, 0.29) is 17.6 Å². The van der Waals surface area contributed by atoms with Gasteiger partial charge in [0.15, 0.2) is 10.9 Å². The van der Waals surface area contributed by atoms with E-state index in [1.54, 1.807) is 53.9 Å². The van der Waals surface area contributed by atoms with Crippen LogP contribution in [0.1, 0.15) is 32.0 Å². The first-order valence-electron chi connectivity index (χ1n) is 7.19. The van der Waals surface area contributed by atoms with Crippen molar-refractivity contribution < 1.29 is 9.59 Å². The normalized spacial score (nSPS) is 10.4. The smallest absolute Gasteiger partial charge is 0.258 e. The molecule has 1 aromatic heterocycles. The van der Waals surface area contributed by atoms with Crippen molar-refractivity contribution in [1.29, 1.82) is 0 Å². The largest absolute Gasteiger partial charge is 0.298 e. The van der Waals surface area contributed by atoms with Crippen molar-refractivity contribution in [3.63, 3.8) is 0 Å². The molecule has 3 aromatic rings. The molecule has 0 spiro atoms. The standard InChI is InChI=1S/C18H13ClN2O2S/c19-10-13-11-24-18(20-13)21-17(23)15-9-5-4-8-14(15)16(22)12-6-2-1-3-7-12/h1-9,11H,10H2,(H,20,21,23). The molecule has 0 aliphatic rings. The molecule has 1 N–H and O–H groups in total. The van der Waals surface area contributed by atoms with Crippen LogP contribution in [-0.2, 0) is 5.88 Å². The summed E-state index contributed by atoms with van der Waals surface area (Å²) in [6.07, 6.45) is 0. The van der Waals surface area contributed by atoms with Crippen LogP contribution in [0.3, 0.4) is 0 Å². The maximum absolute atomic E-state index is 12.7.